The Hall–Kier alpha value is -2.58. The Kier molecular flexibility index (Phi) is 7.70. The summed E-state index contributed by atoms with van der Waals surface area (Å²) < 4.78 is 18.2. The molecule has 0 bridgehead atoms. The van der Waals surface area contributed by atoms with Crippen LogP contribution in [0.4, 0.5) is 4.39 Å². The number of carbonyl (C=O) groups excluding carboxylic acids is 2. The van der Waals surface area contributed by atoms with Gasteiger partial charge < -0.3 is 20.3 Å². The van der Waals surface area contributed by atoms with Crippen LogP contribution in [0.1, 0.15) is 49.0 Å². The van der Waals surface area contributed by atoms with Gasteiger partial charge in [0.15, 0.2) is 11.5 Å². The van der Waals surface area contributed by atoms with Crippen molar-refractivity contribution in [2.75, 3.05) is 19.6 Å². The molecular weight excluding hydrogens is 389 g/mol. The van der Waals surface area contributed by atoms with E-state index in [4.69, 9.17) is 10.3 Å². The maximum absolute atomic E-state index is 13.0. The number of nitrogens with two attached hydrogens (primary N) is 1. The Bertz CT molecular complexity index is 852. The van der Waals surface area contributed by atoms with Crippen molar-refractivity contribution >= 4 is 11.7 Å². The zero-order valence-corrected chi connectivity index (χ0v) is 16.9. The van der Waals surface area contributed by atoms with Crippen LogP contribution in [0.2, 0.25) is 0 Å². The molecule has 7 nitrogen and oxygen atoms in total. The molecule has 0 unspecified atom stereocenters. The van der Waals surface area contributed by atoms with E-state index in [0.29, 0.717) is 36.4 Å². The minimum absolute atomic E-state index is 0.0660. The average molecular weight is 417 g/mol. The minimum Gasteiger partial charge on any atom is -0.391 e. The van der Waals surface area contributed by atoms with Crippen molar-refractivity contribution in [1.82, 2.24) is 10.1 Å². The smallest absolute Gasteiger partial charge is 0.223 e. The highest BCUT2D eigenvalue weighted by Crippen LogP contribution is 2.22. The van der Waals surface area contributed by atoms with E-state index in [1.165, 1.54) is 12.1 Å². The molecule has 1 saturated heterocycles. The number of aliphatic hydroxyl groups is 1. The quantitative estimate of drug-likeness (QED) is 0.454. The van der Waals surface area contributed by atoms with E-state index in [2.05, 4.69) is 10.1 Å². The van der Waals surface area contributed by atoms with Crippen LogP contribution in [0.25, 0.3) is 11.3 Å². The maximum Gasteiger partial charge on any atom is 0.223 e. The normalized spacial score (nSPS) is 19.7. The number of β-amino-alcohol motifs (C(OH)–C–C–N with tert-alkyl or cyclic N) is 1. The number of amides is 1. The van der Waals surface area contributed by atoms with E-state index in [0.717, 1.165) is 38.8 Å². The number of piperidine rings is 1. The van der Waals surface area contributed by atoms with Crippen molar-refractivity contribution in [3.63, 3.8) is 0 Å². The van der Waals surface area contributed by atoms with Gasteiger partial charge in [0.25, 0.3) is 0 Å². The van der Waals surface area contributed by atoms with Gasteiger partial charge in [0.05, 0.1) is 12.0 Å². The second kappa shape index (κ2) is 10.4. The lowest BCUT2D eigenvalue weighted by Crippen LogP contribution is -2.48. The number of ketones is 1. The van der Waals surface area contributed by atoms with Gasteiger partial charge in [-0.3, -0.25) is 9.59 Å². The monoisotopic (exact) mass is 417 g/mol. The largest absolute Gasteiger partial charge is 0.391 e. The SMILES string of the molecule is NC(=O)[C@@H]1CCN(CCCCCCC(=O)c2cc(-c3ccc(F)cc3)on2)C[C@H]1O. The Morgan fingerprint density at radius 1 is 1.20 bits per heavy atom. The topological polar surface area (TPSA) is 110 Å². The molecular formula is C22H28FN3O4. The number of Topliss-reactive ketones (excluding diaryl/α,β-unsaturated/α-hetero) is 1. The molecule has 1 aliphatic heterocycles. The van der Waals surface area contributed by atoms with Gasteiger partial charge in [-0.1, -0.05) is 18.0 Å². The molecule has 2 aromatic rings. The number of aromatic nitrogens is 1. The van der Waals surface area contributed by atoms with Crippen LogP contribution in [0.15, 0.2) is 34.9 Å². The molecule has 30 heavy (non-hydrogen) atoms. The van der Waals surface area contributed by atoms with Gasteiger partial charge in [-0.2, -0.15) is 0 Å². The Morgan fingerprint density at radius 2 is 1.93 bits per heavy atom. The number of hydrogen-bond donors (Lipinski definition) is 2. The number of hydrogen-bond acceptors (Lipinski definition) is 6. The highest BCUT2D eigenvalue weighted by Gasteiger charge is 2.31. The molecule has 0 aliphatic carbocycles. The number of halogens is 1. The van der Waals surface area contributed by atoms with Crippen LogP contribution in [0.3, 0.4) is 0 Å². The molecule has 1 aliphatic rings. The van der Waals surface area contributed by atoms with E-state index in [1.807, 2.05) is 0 Å². The van der Waals surface area contributed by atoms with Crippen molar-refractivity contribution in [2.24, 2.45) is 11.7 Å². The van der Waals surface area contributed by atoms with Gasteiger partial charge in [0.1, 0.15) is 11.5 Å². The Labute approximate surface area is 175 Å². The van der Waals surface area contributed by atoms with Crippen LogP contribution in [0, 0.1) is 11.7 Å². The van der Waals surface area contributed by atoms with Gasteiger partial charge in [0, 0.05) is 24.6 Å². The summed E-state index contributed by atoms with van der Waals surface area (Å²) in [4.78, 5) is 25.7. The van der Waals surface area contributed by atoms with E-state index in [9.17, 15) is 19.1 Å². The number of likely N-dealkylation sites (tertiary alicyclic amines) is 1. The van der Waals surface area contributed by atoms with Crippen molar-refractivity contribution in [3.05, 3.63) is 41.8 Å². The predicted octanol–water partition coefficient (Wildman–Crippen LogP) is 2.78. The molecule has 2 heterocycles. The lowest BCUT2D eigenvalue weighted by Gasteiger charge is -2.34. The third-order valence-corrected chi connectivity index (χ3v) is 5.58. The molecule has 0 saturated carbocycles. The number of rotatable bonds is 10. The molecule has 3 rings (SSSR count). The molecule has 1 aromatic carbocycles. The summed E-state index contributed by atoms with van der Waals surface area (Å²) in [6.07, 6.45) is 3.97. The first kappa shape index (κ1) is 22.1. The third kappa shape index (κ3) is 5.96. The van der Waals surface area contributed by atoms with E-state index in [-0.39, 0.29) is 11.6 Å². The van der Waals surface area contributed by atoms with Crippen LogP contribution in [-0.2, 0) is 4.79 Å². The summed E-state index contributed by atoms with van der Waals surface area (Å²) in [6, 6.07) is 7.43. The first-order valence-corrected chi connectivity index (χ1v) is 10.4. The molecule has 1 amide bonds. The number of benzene rings is 1. The summed E-state index contributed by atoms with van der Waals surface area (Å²) in [7, 11) is 0. The number of unbranched alkanes of at least 4 members (excludes halogenated alkanes) is 3. The van der Waals surface area contributed by atoms with Crippen LogP contribution < -0.4 is 5.73 Å². The summed E-state index contributed by atoms with van der Waals surface area (Å²) in [6.45, 7) is 2.11. The second-order valence-electron chi connectivity index (χ2n) is 7.84. The molecule has 8 heteroatoms. The molecule has 2 atom stereocenters. The summed E-state index contributed by atoms with van der Waals surface area (Å²) in [5, 5.41) is 13.8. The van der Waals surface area contributed by atoms with Crippen LogP contribution >= 0.6 is 0 Å². The van der Waals surface area contributed by atoms with Gasteiger partial charge in [-0.05, 0) is 56.6 Å². The molecule has 162 valence electrons. The Morgan fingerprint density at radius 3 is 2.63 bits per heavy atom. The summed E-state index contributed by atoms with van der Waals surface area (Å²) in [5.74, 6) is -0.818. The summed E-state index contributed by atoms with van der Waals surface area (Å²) >= 11 is 0. The average Bonchev–Trinajstić information content (AvgIpc) is 3.21. The van der Waals surface area contributed by atoms with Gasteiger partial charge >= 0.3 is 0 Å². The molecule has 1 fully saturated rings. The van der Waals surface area contributed by atoms with Crippen LogP contribution in [0.5, 0.6) is 0 Å². The Balaban J connectivity index is 1.32. The molecule has 0 spiro atoms. The van der Waals surface area contributed by atoms with Crippen molar-refractivity contribution in [1.29, 1.82) is 0 Å². The fourth-order valence-electron chi connectivity index (χ4n) is 3.79. The van der Waals surface area contributed by atoms with Gasteiger partial charge in [-0.25, -0.2) is 4.39 Å². The zero-order chi connectivity index (χ0) is 21.5. The van der Waals surface area contributed by atoms with Gasteiger partial charge in [0.2, 0.25) is 5.91 Å². The number of nitrogens with zero attached hydrogens (tertiary/aromatic N) is 2. The van der Waals surface area contributed by atoms with Crippen LogP contribution in [-0.4, -0.2) is 52.6 Å². The number of aliphatic hydroxyl groups excluding tert-OH is 1. The fourth-order valence-corrected chi connectivity index (χ4v) is 3.79. The number of primary amides is 1. The molecule has 3 N–H and O–H groups in total. The first-order valence-electron chi connectivity index (χ1n) is 10.4. The predicted molar refractivity (Wildman–Crippen MR) is 109 cm³/mol. The third-order valence-electron chi connectivity index (χ3n) is 5.58. The number of carbonyl (C=O) groups is 2. The van der Waals surface area contributed by atoms with Crippen molar-refractivity contribution in [2.45, 2.75) is 44.6 Å². The molecule has 0 radical (unpaired) electrons. The highest BCUT2D eigenvalue weighted by atomic mass is 19.1. The standard InChI is InChI=1S/C22H28FN3O4/c23-16-8-6-15(7-9-16)21-13-18(25-30-21)19(27)5-3-1-2-4-11-26-12-10-17(22(24)29)20(28)14-26/h6-9,13,17,20,28H,1-5,10-12,14H2,(H2,24,29)/t17-,20-/m1/s1. The zero-order valence-electron chi connectivity index (χ0n) is 16.9. The van der Waals surface area contributed by atoms with Crippen molar-refractivity contribution in [3.8, 4) is 11.3 Å². The summed E-state index contributed by atoms with van der Waals surface area (Å²) in [5.41, 5.74) is 6.26. The minimum atomic E-state index is -0.684. The van der Waals surface area contributed by atoms with Crippen molar-refractivity contribution < 1.29 is 23.6 Å². The van der Waals surface area contributed by atoms with E-state index >= 15 is 0 Å². The lowest BCUT2D eigenvalue weighted by molar-refractivity contribution is -0.128. The fraction of sp³-hybridized carbons (Fsp3) is 0.500. The van der Waals surface area contributed by atoms with E-state index < -0.39 is 17.9 Å². The highest BCUT2D eigenvalue weighted by molar-refractivity contribution is 5.94. The first-order chi connectivity index (χ1) is 14.4. The lowest BCUT2D eigenvalue weighted by atomic mass is 9.93. The van der Waals surface area contributed by atoms with Gasteiger partial charge in [-0.15, -0.1) is 0 Å². The van der Waals surface area contributed by atoms with E-state index in [1.54, 1.807) is 18.2 Å². The molecule has 1 aromatic heterocycles. The second-order valence-corrected chi connectivity index (χ2v) is 7.84. The maximum atomic E-state index is 13.0.